The van der Waals surface area contributed by atoms with Gasteiger partial charge in [0.1, 0.15) is 6.04 Å². The maximum absolute atomic E-state index is 10.7. The zero-order chi connectivity index (χ0) is 9.56. The molecule has 0 saturated carbocycles. The molecule has 0 aliphatic carbocycles. The quantitative estimate of drug-likeness (QED) is 0.616. The van der Waals surface area contributed by atoms with Crippen molar-refractivity contribution in [2.75, 3.05) is 18.6 Å². The molecule has 0 bridgehead atoms. The second-order valence-electron chi connectivity index (χ2n) is 3.01. The van der Waals surface area contributed by atoms with E-state index in [1.54, 1.807) is 11.8 Å². The lowest BCUT2D eigenvalue weighted by Gasteiger charge is -2.17. The molecule has 2 N–H and O–H groups in total. The van der Waals surface area contributed by atoms with Crippen LogP contribution < -0.4 is 5.32 Å². The number of aliphatic carboxylic acids is 1. The van der Waals surface area contributed by atoms with Crippen LogP contribution in [-0.2, 0) is 4.79 Å². The number of hydrogen-bond acceptors (Lipinski definition) is 3. The molecular weight excluding hydrogens is 174 g/mol. The van der Waals surface area contributed by atoms with Crippen molar-refractivity contribution < 1.29 is 9.90 Å². The third kappa shape index (κ3) is 4.62. The molecule has 0 spiro atoms. The average molecular weight is 191 g/mol. The van der Waals surface area contributed by atoms with Crippen molar-refractivity contribution in [1.29, 1.82) is 0 Å². The summed E-state index contributed by atoms with van der Waals surface area (Å²) in [7, 11) is 0. The van der Waals surface area contributed by atoms with Gasteiger partial charge in [-0.05, 0) is 12.2 Å². The third-order valence-corrected chi connectivity index (χ3v) is 2.22. The van der Waals surface area contributed by atoms with Crippen molar-refractivity contribution in [3.63, 3.8) is 0 Å². The van der Waals surface area contributed by atoms with Crippen molar-refractivity contribution in [2.45, 2.75) is 19.9 Å². The predicted molar refractivity (Wildman–Crippen MR) is 52.6 cm³/mol. The van der Waals surface area contributed by atoms with Crippen LogP contribution in [0.1, 0.15) is 13.8 Å². The maximum atomic E-state index is 10.7. The van der Waals surface area contributed by atoms with Gasteiger partial charge >= 0.3 is 5.97 Å². The molecule has 0 aliphatic heterocycles. The van der Waals surface area contributed by atoms with Crippen molar-refractivity contribution in [2.24, 2.45) is 5.92 Å². The standard InChI is InChI=1S/C8H17NO2S/c1-6(2)7(8(10)11)9-4-5-12-3/h6-7,9H,4-5H2,1-3H3,(H,10,11). The minimum atomic E-state index is -0.758. The summed E-state index contributed by atoms with van der Waals surface area (Å²) in [4.78, 5) is 10.7. The minimum absolute atomic E-state index is 0.143. The van der Waals surface area contributed by atoms with Gasteiger partial charge in [-0.1, -0.05) is 13.8 Å². The summed E-state index contributed by atoms with van der Waals surface area (Å²) in [6, 6.07) is -0.405. The van der Waals surface area contributed by atoms with Gasteiger partial charge < -0.3 is 10.4 Å². The van der Waals surface area contributed by atoms with Gasteiger partial charge in [0.2, 0.25) is 0 Å². The summed E-state index contributed by atoms with van der Waals surface area (Å²) in [6.07, 6.45) is 2.01. The minimum Gasteiger partial charge on any atom is -0.480 e. The number of thioether (sulfide) groups is 1. The summed E-state index contributed by atoms with van der Waals surface area (Å²) in [5.74, 6) is 0.340. The Labute approximate surface area is 77.9 Å². The summed E-state index contributed by atoms with van der Waals surface area (Å²) in [6.45, 7) is 4.58. The number of carboxylic acids is 1. The fourth-order valence-corrected chi connectivity index (χ4v) is 1.25. The summed E-state index contributed by atoms with van der Waals surface area (Å²) < 4.78 is 0. The van der Waals surface area contributed by atoms with Gasteiger partial charge in [0.15, 0.2) is 0 Å². The van der Waals surface area contributed by atoms with Crippen LogP contribution in [0, 0.1) is 5.92 Å². The van der Waals surface area contributed by atoms with Crippen LogP contribution in [0.15, 0.2) is 0 Å². The smallest absolute Gasteiger partial charge is 0.320 e. The molecule has 0 aromatic rings. The molecule has 0 rings (SSSR count). The Bertz CT molecular complexity index is 139. The zero-order valence-corrected chi connectivity index (χ0v) is 8.65. The van der Waals surface area contributed by atoms with Crippen LogP contribution in [0.25, 0.3) is 0 Å². The predicted octanol–water partition coefficient (Wildman–Crippen LogP) is 1.05. The molecule has 1 atom stereocenters. The van der Waals surface area contributed by atoms with Crippen LogP contribution >= 0.6 is 11.8 Å². The van der Waals surface area contributed by atoms with E-state index in [9.17, 15) is 4.79 Å². The van der Waals surface area contributed by atoms with Gasteiger partial charge in [-0.25, -0.2) is 0 Å². The molecule has 0 aliphatic rings. The molecule has 0 saturated heterocycles. The van der Waals surface area contributed by atoms with Crippen LogP contribution in [0.5, 0.6) is 0 Å². The van der Waals surface area contributed by atoms with Gasteiger partial charge in [-0.2, -0.15) is 11.8 Å². The molecule has 0 radical (unpaired) electrons. The fourth-order valence-electron chi connectivity index (χ4n) is 0.925. The molecular formula is C8H17NO2S. The lowest BCUT2D eigenvalue weighted by molar-refractivity contribution is -0.140. The molecule has 72 valence electrons. The Morgan fingerprint density at radius 2 is 2.17 bits per heavy atom. The number of carboxylic acid groups (broad SMARTS) is 1. The highest BCUT2D eigenvalue weighted by atomic mass is 32.2. The number of carbonyl (C=O) groups is 1. The maximum Gasteiger partial charge on any atom is 0.320 e. The van der Waals surface area contributed by atoms with Crippen LogP contribution in [-0.4, -0.2) is 35.7 Å². The van der Waals surface area contributed by atoms with Crippen molar-refractivity contribution >= 4 is 17.7 Å². The molecule has 12 heavy (non-hydrogen) atoms. The van der Waals surface area contributed by atoms with Crippen LogP contribution in [0.4, 0.5) is 0 Å². The lowest BCUT2D eigenvalue weighted by atomic mass is 10.1. The van der Waals surface area contributed by atoms with Crippen molar-refractivity contribution in [1.82, 2.24) is 5.32 Å². The first-order chi connectivity index (χ1) is 5.59. The van der Waals surface area contributed by atoms with Gasteiger partial charge in [-0.3, -0.25) is 4.79 Å². The molecule has 0 heterocycles. The average Bonchev–Trinajstić information content (AvgIpc) is 1.96. The number of hydrogen-bond donors (Lipinski definition) is 2. The zero-order valence-electron chi connectivity index (χ0n) is 7.83. The van der Waals surface area contributed by atoms with E-state index in [1.807, 2.05) is 20.1 Å². The second kappa shape index (κ2) is 6.31. The lowest BCUT2D eigenvalue weighted by Crippen LogP contribution is -2.41. The Morgan fingerprint density at radius 3 is 2.50 bits per heavy atom. The Hall–Kier alpha value is -0.220. The topological polar surface area (TPSA) is 49.3 Å². The Morgan fingerprint density at radius 1 is 1.58 bits per heavy atom. The Balaban J connectivity index is 3.72. The summed E-state index contributed by atoms with van der Waals surface area (Å²) >= 11 is 1.71. The molecule has 0 aromatic carbocycles. The molecule has 4 heteroatoms. The van der Waals surface area contributed by atoms with Crippen LogP contribution in [0.2, 0.25) is 0 Å². The van der Waals surface area contributed by atoms with Gasteiger partial charge in [0.25, 0.3) is 0 Å². The third-order valence-electron chi connectivity index (χ3n) is 1.60. The fraction of sp³-hybridized carbons (Fsp3) is 0.875. The van der Waals surface area contributed by atoms with E-state index in [1.165, 1.54) is 0 Å². The SMILES string of the molecule is CSCCNC(C(=O)O)C(C)C. The molecule has 0 amide bonds. The van der Waals surface area contributed by atoms with E-state index in [4.69, 9.17) is 5.11 Å². The monoisotopic (exact) mass is 191 g/mol. The first kappa shape index (κ1) is 11.8. The van der Waals surface area contributed by atoms with E-state index in [0.29, 0.717) is 0 Å². The molecule has 0 fully saturated rings. The van der Waals surface area contributed by atoms with Crippen molar-refractivity contribution in [3.8, 4) is 0 Å². The highest BCUT2D eigenvalue weighted by molar-refractivity contribution is 7.98. The molecule has 1 unspecified atom stereocenters. The molecule has 3 nitrogen and oxygen atoms in total. The van der Waals surface area contributed by atoms with E-state index in [0.717, 1.165) is 12.3 Å². The second-order valence-corrected chi connectivity index (χ2v) is 3.99. The van der Waals surface area contributed by atoms with Crippen molar-refractivity contribution in [3.05, 3.63) is 0 Å². The van der Waals surface area contributed by atoms with E-state index in [-0.39, 0.29) is 5.92 Å². The largest absolute Gasteiger partial charge is 0.480 e. The van der Waals surface area contributed by atoms with Gasteiger partial charge in [-0.15, -0.1) is 0 Å². The van der Waals surface area contributed by atoms with Gasteiger partial charge in [0, 0.05) is 12.3 Å². The van der Waals surface area contributed by atoms with Crippen LogP contribution in [0.3, 0.4) is 0 Å². The highest BCUT2D eigenvalue weighted by Crippen LogP contribution is 2.01. The van der Waals surface area contributed by atoms with E-state index < -0.39 is 12.0 Å². The van der Waals surface area contributed by atoms with Gasteiger partial charge in [0.05, 0.1) is 0 Å². The van der Waals surface area contributed by atoms with E-state index >= 15 is 0 Å². The summed E-state index contributed by atoms with van der Waals surface area (Å²) in [5.41, 5.74) is 0. The first-order valence-corrected chi connectivity index (χ1v) is 5.44. The highest BCUT2D eigenvalue weighted by Gasteiger charge is 2.19. The summed E-state index contributed by atoms with van der Waals surface area (Å²) in [5, 5.41) is 11.8. The normalized spacial score (nSPS) is 13.3. The number of rotatable bonds is 6. The molecule has 0 aromatic heterocycles. The first-order valence-electron chi connectivity index (χ1n) is 4.04. The van der Waals surface area contributed by atoms with E-state index in [2.05, 4.69) is 5.32 Å². The Kier molecular flexibility index (Phi) is 6.20. The number of nitrogens with one attached hydrogen (secondary N) is 1.